The average Bonchev–Trinajstić information content (AvgIpc) is 2.37. The Hall–Kier alpha value is -1.81. The number of benzene rings is 1. The van der Waals surface area contributed by atoms with Crippen LogP contribution in [0.4, 0.5) is 0 Å². The Balaban J connectivity index is 2.11. The molecule has 0 aliphatic carbocycles. The van der Waals surface area contributed by atoms with Crippen LogP contribution in [0.25, 0.3) is 6.08 Å². The van der Waals surface area contributed by atoms with Gasteiger partial charge in [0.05, 0.1) is 0 Å². The van der Waals surface area contributed by atoms with Crippen molar-refractivity contribution in [3.63, 3.8) is 0 Å². The molecule has 1 aromatic rings. The number of fused-ring (bicyclic) bond motifs is 1. The van der Waals surface area contributed by atoms with Gasteiger partial charge in [-0.25, -0.2) is 4.79 Å². The summed E-state index contributed by atoms with van der Waals surface area (Å²) in [6, 6.07) is 4.68. The molecule has 0 amide bonds. The molecule has 1 aliphatic heterocycles. The molecule has 0 aromatic heterocycles. The summed E-state index contributed by atoms with van der Waals surface area (Å²) in [5.74, 6) is 0.930. The van der Waals surface area contributed by atoms with Crippen LogP contribution in [0.3, 0.4) is 0 Å². The topological polar surface area (TPSA) is 61.6 Å². The van der Waals surface area contributed by atoms with Gasteiger partial charge in [0.15, 0.2) is 0 Å². The van der Waals surface area contributed by atoms with Gasteiger partial charge in [-0.05, 0) is 30.2 Å². The Kier molecular flexibility index (Phi) is 3.67. The van der Waals surface area contributed by atoms with Crippen LogP contribution in [0.1, 0.15) is 19.4 Å². The molecule has 1 aliphatic rings. The first-order chi connectivity index (χ1) is 8.58. The Labute approximate surface area is 106 Å². The van der Waals surface area contributed by atoms with Crippen molar-refractivity contribution >= 4 is 12.0 Å². The van der Waals surface area contributed by atoms with Crippen LogP contribution in [-0.4, -0.2) is 18.6 Å². The minimum atomic E-state index is -0.604. The first kappa shape index (κ1) is 12.6. The maximum atomic E-state index is 11.7. The van der Waals surface area contributed by atoms with Gasteiger partial charge >= 0.3 is 5.97 Å². The maximum Gasteiger partial charge on any atom is 0.328 e. The van der Waals surface area contributed by atoms with E-state index < -0.39 is 12.0 Å². The van der Waals surface area contributed by atoms with E-state index in [2.05, 4.69) is 0 Å². The molecule has 0 fully saturated rings. The van der Waals surface area contributed by atoms with Gasteiger partial charge < -0.3 is 15.2 Å². The van der Waals surface area contributed by atoms with E-state index in [4.69, 9.17) is 15.2 Å². The van der Waals surface area contributed by atoms with Crippen LogP contribution in [0.2, 0.25) is 0 Å². The van der Waals surface area contributed by atoms with Crippen LogP contribution in [-0.2, 0) is 4.79 Å². The first-order valence-electron chi connectivity index (χ1n) is 5.98. The second-order valence-corrected chi connectivity index (χ2v) is 4.60. The van der Waals surface area contributed by atoms with E-state index in [1.54, 1.807) is 18.2 Å². The molecule has 4 nitrogen and oxygen atoms in total. The molecule has 0 saturated carbocycles. The molecule has 4 heteroatoms. The van der Waals surface area contributed by atoms with Crippen molar-refractivity contribution in [1.29, 1.82) is 0 Å². The highest BCUT2D eigenvalue weighted by Gasteiger charge is 2.20. The summed E-state index contributed by atoms with van der Waals surface area (Å²) >= 11 is 0. The maximum absolute atomic E-state index is 11.7. The molecular formula is C14H17NO3. The standard InChI is InChI=1S/C14H17NO3/c1-9(2)13(15)14(16)18-11-5-6-12-10(8-11)4-3-7-17-12/h3-6,8-9,13H,7,15H2,1-2H3/t13-/m0/s1. The van der Waals surface area contributed by atoms with Gasteiger partial charge in [-0.1, -0.05) is 19.9 Å². The average molecular weight is 247 g/mol. The minimum absolute atomic E-state index is 0.0540. The highest BCUT2D eigenvalue weighted by atomic mass is 16.5. The second-order valence-electron chi connectivity index (χ2n) is 4.60. The monoisotopic (exact) mass is 247 g/mol. The lowest BCUT2D eigenvalue weighted by Gasteiger charge is -2.16. The Morgan fingerprint density at radius 3 is 2.94 bits per heavy atom. The lowest BCUT2D eigenvalue weighted by Crippen LogP contribution is -2.38. The quantitative estimate of drug-likeness (QED) is 0.655. The summed E-state index contributed by atoms with van der Waals surface area (Å²) in [5.41, 5.74) is 6.64. The molecule has 1 aromatic carbocycles. The zero-order valence-corrected chi connectivity index (χ0v) is 10.6. The fraction of sp³-hybridized carbons (Fsp3) is 0.357. The second kappa shape index (κ2) is 5.23. The summed E-state index contributed by atoms with van der Waals surface area (Å²) in [6.07, 6.45) is 3.85. The zero-order chi connectivity index (χ0) is 13.1. The van der Waals surface area contributed by atoms with Gasteiger partial charge in [-0.2, -0.15) is 0 Å². The number of carbonyl (C=O) groups is 1. The van der Waals surface area contributed by atoms with Crippen molar-refractivity contribution in [1.82, 2.24) is 0 Å². The number of hydrogen-bond acceptors (Lipinski definition) is 4. The Bertz CT molecular complexity index is 480. The number of rotatable bonds is 3. The molecule has 0 radical (unpaired) electrons. The van der Waals surface area contributed by atoms with Crippen molar-refractivity contribution in [3.8, 4) is 11.5 Å². The van der Waals surface area contributed by atoms with Crippen molar-refractivity contribution in [2.24, 2.45) is 11.7 Å². The Morgan fingerprint density at radius 1 is 1.44 bits per heavy atom. The largest absolute Gasteiger partial charge is 0.489 e. The molecule has 0 saturated heterocycles. The van der Waals surface area contributed by atoms with E-state index in [1.807, 2.05) is 26.0 Å². The lowest BCUT2D eigenvalue weighted by atomic mass is 10.1. The molecule has 2 N–H and O–H groups in total. The van der Waals surface area contributed by atoms with Crippen molar-refractivity contribution < 1.29 is 14.3 Å². The van der Waals surface area contributed by atoms with E-state index in [1.165, 1.54) is 0 Å². The van der Waals surface area contributed by atoms with Crippen LogP contribution >= 0.6 is 0 Å². The predicted octanol–water partition coefficient (Wildman–Crippen LogP) is 1.98. The van der Waals surface area contributed by atoms with Crippen molar-refractivity contribution in [2.45, 2.75) is 19.9 Å². The van der Waals surface area contributed by atoms with E-state index in [0.29, 0.717) is 12.4 Å². The van der Waals surface area contributed by atoms with Gasteiger partial charge in [-0.15, -0.1) is 0 Å². The van der Waals surface area contributed by atoms with E-state index in [-0.39, 0.29) is 5.92 Å². The van der Waals surface area contributed by atoms with Gasteiger partial charge in [0, 0.05) is 5.56 Å². The summed E-state index contributed by atoms with van der Waals surface area (Å²) in [7, 11) is 0. The number of carbonyl (C=O) groups excluding carboxylic acids is 1. The molecule has 2 rings (SSSR count). The molecule has 1 atom stereocenters. The molecule has 0 spiro atoms. The van der Waals surface area contributed by atoms with Crippen LogP contribution in [0.15, 0.2) is 24.3 Å². The smallest absolute Gasteiger partial charge is 0.328 e. The third-order valence-electron chi connectivity index (χ3n) is 2.82. The van der Waals surface area contributed by atoms with Crippen LogP contribution in [0.5, 0.6) is 11.5 Å². The van der Waals surface area contributed by atoms with E-state index >= 15 is 0 Å². The zero-order valence-electron chi connectivity index (χ0n) is 10.6. The summed E-state index contributed by atoms with van der Waals surface area (Å²) in [5, 5.41) is 0. The highest BCUT2D eigenvalue weighted by molar-refractivity contribution is 5.78. The number of nitrogens with two attached hydrogens (primary N) is 1. The third-order valence-corrected chi connectivity index (χ3v) is 2.82. The number of esters is 1. The van der Waals surface area contributed by atoms with Crippen LogP contribution in [0, 0.1) is 5.92 Å². The lowest BCUT2D eigenvalue weighted by molar-refractivity contribution is -0.136. The fourth-order valence-corrected chi connectivity index (χ4v) is 1.62. The number of hydrogen-bond donors (Lipinski definition) is 1. The molecular weight excluding hydrogens is 230 g/mol. The molecule has 0 unspecified atom stereocenters. The van der Waals surface area contributed by atoms with Crippen molar-refractivity contribution in [3.05, 3.63) is 29.8 Å². The number of ether oxygens (including phenoxy) is 2. The summed E-state index contributed by atoms with van der Waals surface area (Å²) in [4.78, 5) is 11.7. The van der Waals surface area contributed by atoms with E-state index in [9.17, 15) is 4.79 Å². The fourth-order valence-electron chi connectivity index (χ4n) is 1.62. The first-order valence-corrected chi connectivity index (χ1v) is 5.98. The SMILES string of the molecule is CC(C)[C@H](N)C(=O)Oc1ccc2c(c1)C=CCO2. The van der Waals surface area contributed by atoms with Gasteiger partial charge in [0.1, 0.15) is 24.1 Å². The summed E-state index contributed by atoms with van der Waals surface area (Å²) in [6.45, 7) is 4.34. The summed E-state index contributed by atoms with van der Waals surface area (Å²) < 4.78 is 10.7. The Morgan fingerprint density at radius 2 is 2.22 bits per heavy atom. The van der Waals surface area contributed by atoms with Crippen molar-refractivity contribution in [2.75, 3.05) is 6.61 Å². The molecule has 18 heavy (non-hydrogen) atoms. The van der Waals surface area contributed by atoms with Gasteiger partial charge in [0.2, 0.25) is 0 Å². The van der Waals surface area contributed by atoms with Crippen LogP contribution < -0.4 is 15.2 Å². The third kappa shape index (κ3) is 2.71. The van der Waals surface area contributed by atoms with E-state index in [0.717, 1.165) is 11.3 Å². The van der Waals surface area contributed by atoms with Gasteiger partial charge in [-0.3, -0.25) is 0 Å². The highest BCUT2D eigenvalue weighted by Crippen LogP contribution is 2.28. The van der Waals surface area contributed by atoms with Gasteiger partial charge in [0.25, 0.3) is 0 Å². The molecule has 0 bridgehead atoms. The predicted molar refractivity (Wildman–Crippen MR) is 69.4 cm³/mol. The normalized spacial score (nSPS) is 14.9. The molecule has 1 heterocycles. The minimum Gasteiger partial charge on any atom is -0.489 e. The molecule has 96 valence electrons.